The number of piperidine rings is 1. The first kappa shape index (κ1) is 21.9. The average Bonchev–Trinajstić information content (AvgIpc) is 3.41. The Kier molecular flexibility index (Phi) is 6.45. The predicted octanol–water partition coefficient (Wildman–Crippen LogP) is 3.57. The summed E-state index contributed by atoms with van der Waals surface area (Å²) in [6, 6.07) is 10.7. The van der Waals surface area contributed by atoms with Crippen LogP contribution in [0.1, 0.15) is 24.6 Å². The van der Waals surface area contributed by atoms with Crippen molar-refractivity contribution in [3.8, 4) is 5.75 Å². The van der Waals surface area contributed by atoms with Gasteiger partial charge in [0.25, 0.3) is 11.8 Å². The normalized spacial score (nSPS) is 17.2. The number of thiophene rings is 1. The highest BCUT2D eigenvalue weighted by Gasteiger charge is 2.44. The third-order valence-corrected chi connectivity index (χ3v) is 6.49. The van der Waals surface area contributed by atoms with E-state index >= 15 is 0 Å². The largest absolute Gasteiger partial charge is 0.495 e. The molecule has 1 saturated heterocycles. The number of hydrogen-bond donors (Lipinski definition) is 1. The van der Waals surface area contributed by atoms with Gasteiger partial charge in [-0.15, -0.1) is 11.3 Å². The van der Waals surface area contributed by atoms with Gasteiger partial charge in [0.1, 0.15) is 11.4 Å². The number of amides is 3. The number of ether oxygens (including phenoxy) is 2. The number of nitrogens with zero attached hydrogens (tertiary/aromatic N) is 2. The summed E-state index contributed by atoms with van der Waals surface area (Å²) >= 11 is 1.41. The zero-order valence-electron chi connectivity index (χ0n) is 18.0. The van der Waals surface area contributed by atoms with Crippen molar-refractivity contribution in [2.75, 3.05) is 32.1 Å². The van der Waals surface area contributed by atoms with E-state index in [4.69, 9.17) is 9.47 Å². The standard InChI is InChI=1S/C23H25N3O5S/c1-3-31-23(29)25-12-10-15(11-13-25)26-21(27)19(18-9-6-14-32-18)20(22(26)28)24-16-7-4-5-8-17(16)30-2/h4-9,14-15,24H,3,10-13H2,1-2H3. The Morgan fingerprint density at radius 1 is 1.12 bits per heavy atom. The van der Waals surface area contributed by atoms with Crippen molar-refractivity contribution < 1.29 is 23.9 Å². The molecule has 1 fully saturated rings. The molecule has 168 valence electrons. The minimum Gasteiger partial charge on any atom is -0.495 e. The fourth-order valence-electron chi connectivity index (χ4n) is 4.05. The van der Waals surface area contributed by atoms with E-state index < -0.39 is 0 Å². The molecule has 32 heavy (non-hydrogen) atoms. The molecule has 9 heteroatoms. The molecule has 0 saturated carbocycles. The van der Waals surface area contributed by atoms with E-state index in [0.29, 0.717) is 49.5 Å². The summed E-state index contributed by atoms with van der Waals surface area (Å²) in [5.74, 6) is -0.102. The second kappa shape index (κ2) is 9.44. The molecule has 0 atom stereocenters. The minimum absolute atomic E-state index is 0.245. The lowest BCUT2D eigenvalue weighted by Gasteiger charge is -2.35. The number of hydrogen-bond acceptors (Lipinski definition) is 7. The van der Waals surface area contributed by atoms with Crippen LogP contribution in [0.2, 0.25) is 0 Å². The number of carbonyl (C=O) groups is 3. The first-order valence-electron chi connectivity index (χ1n) is 10.5. The molecule has 0 bridgehead atoms. The highest BCUT2D eigenvalue weighted by Crippen LogP contribution is 2.37. The van der Waals surface area contributed by atoms with Gasteiger partial charge in [0.15, 0.2) is 0 Å². The van der Waals surface area contributed by atoms with E-state index in [0.717, 1.165) is 4.88 Å². The molecule has 4 rings (SSSR count). The third kappa shape index (κ3) is 4.08. The number of benzene rings is 1. The number of methoxy groups -OCH3 is 1. The van der Waals surface area contributed by atoms with Gasteiger partial charge in [-0.25, -0.2) is 4.79 Å². The van der Waals surface area contributed by atoms with Gasteiger partial charge < -0.3 is 19.7 Å². The van der Waals surface area contributed by atoms with Gasteiger partial charge in [0.2, 0.25) is 0 Å². The Hall–Kier alpha value is -3.33. The molecule has 1 aromatic heterocycles. The molecule has 8 nitrogen and oxygen atoms in total. The van der Waals surface area contributed by atoms with Crippen molar-refractivity contribution in [1.82, 2.24) is 9.80 Å². The second-order valence-electron chi connectivity index (χ2n) is 7.45. The van der Waals surface area contributed by atoms with Crippen LogP contribution in [0.3, 0.4) is 0 Å². The van der Waals surface area contributed by atoms with Crippen molar-refractivity contribution in [3.05, 3.63) is 52.4 Å². The second-order valence-corrected chi connectivity index (χ2v) is 8.40. The zero-order chi connectivity index (χ0) is 22.7. The van der Waals surface area contributed by atoms with Gasteiger partial charge in [-0.1, -0.05) is 18.2 Å². The Morgan fingerprint density at radius 3 is 2.53 bits per heavy atom. The number of nitrogens with one attached hydrogen (secondary N) is 1. The fraction of sp³-hybridized carbons (Fsp3) is 0.348. The molecule has 1 N–H and O–H groups in total. The van der Waals surface area contributed by atoms with Crippen molar-refractivity contribution >= 4 is 40.5 Å². The van der Waals surface area contributed by atoms with Crippen molar-refractivity contribution in [3.63, 3.8) is 0 Å². The van der Waals surface area contributed by atoms with Gasteiger partial charge in [-0.3, -0.25) is 14.5 Å². The maximum absolute atomic E-state index is 13.5. The lowest BCUT2D eigenvalue weighted by atomic mass is 10.0. The number of likely N-dealkylation sites (tertiary alicyclic amines) is 1. The lowest BCUT2D eigenvalue weighted by Crippen LogP contribution is -2.49. The third-order valence-electron chi connectivity index (χ3n) is 5.61. The first-order valence-corrected chi connectivity index (χ1v) is 11.4. The smallest absolute Gasteiger partial charge is 0.409 e. The van der Waals surface area contributed by atoms with Crippen LogP contribution >= 0.6 is 11.3 Å². The Labute approximate surface area is 190 Å². The molecule has 2 aliphatic heterocycles. The summed E-state index contributed by atoms with van der Waals surface area (Å²) < 4.78 is 10.5. The number of para-hydroxylation sites is 2. The summed E-state index contributed by atoms with van der Waals surface area (Å²) in [6.07, 6.45) is 0.660. The van der Waals surface area contributed by atoms with Crippen LogP contribution < -0.4 is 10.1 Å². The van der Waals surface area contributed by atoms with Crippen molar-refractivity contribution in [1.29, 1.82) is 0 Å². The maximum Gasteiger partial charge on any atom is 0.409 e. The fourth-order valence-corrected chi connectivity index (χ4v) is 4.82. The van der Waals surface area contributed by atoms with E-state index in [-0.39, 0.29) is 29.6 Å². The van der Waals surface area contributed by atoms with E-state index in [2.05, 4.69) is 5.32 Å². The van der Waals surface area contributed by atoms with Gasteiger partial charge >= 0.3 is 6.09 Å². The molecule has 0 aliphatic carbocycles. The summed E-state index contributed by atoms with van der Waals surface area (Å²) in [4.78, 5) is 42.6. The van der Waals surface area contributed by atoms with Crippen LogP contribution in [0.4, 0.5) is 10.5 Å². The number of anilines is 1. The first-order chi connectivity index (χ1) is 15.5. The number of rotatable bonds is 6. The molecule has 2 aliphatic rings. The minimum atomic E-state index is -0.362. The molecule has 3 heterocycles. The van der Waals surface area contributed by atoms with E-state index in [1.807, 2.05) is 29.6 Å². The van der Waals surface area contributed by atoms with Crippen molar-refractivity contribution in [2.45, 2.75) is 25.8 Å². The molecule has 2 aromatic rings. The molecule has 1 aromatic carbocycles. The number of carbonyl (C=O) groups excluding carboxylic acids is 3. The highest BCUT2D eigenvalue weighted by molar-refractivity contribution is 7.11. The molecule has 0 unspecified atom stereocenters. The van der Waals surface area contributed by atoms with Crippen LogP contribution in [-0.2, 0) is 14.3 Å². The summed E-state index contributed by atoms with van der Waals surface area (Å²) in [7, 11) is 1.56. The average molecular weight is 456 g/mol. The van der Waals surface area contributed by atoms with Gasteiger partial charge in [-0.05, 0) is 43.3 Å². The SMILES string of the molecule is CCOC(=O)N1CCC(N2C(=O)C(Nc3ccccc3OC)=C(c3cccs3)C2=O)CC1. The van der Waals surface area contributed by atoms with Crippen LogP contribution in [-0.4, -0.2) is 60.6 Å². The zero-order valence-corrected chi connectivity index (χ0v) is 18.8. The van der Waals surface area contributed by atoms with E-state index in [1.165, 1.54) is 16.2 Å². The molecule has 3 amide bonds. The highest BCUT2D eigenvalue weighted by atomic mass is 32.1. The molecule has 0 radical (unpaired) electrons. The van der Waals surface area contributed by atoms with Crippen molar-refractivity contribution in [2.24, 2.45) is 0 Å². The van der Waals surface area contributed by atoms with E-state index in [9.17, 15) is 14.4 Å². The van der Waals surface area contributed by atoms with E-state index in [1.54, 1.807) is 31.1 Å². The molecule has 0 spiro atoms. The topological polar surface area (TPSA) is 88.2 Å². The van der Waals surface area contributed by atoms with Crippen LogP contribution in [0.5, 0.6) is 5.75 Å². The summed E-state index contributed by atoms with van der Waals surface area (Å²) in [6.45, 7) is 2.95. The lowest BCUT2D eigenvalue weighted by molar-refractivity contribution is -0.140. The van der Waals surface area contributed by atoms with Gasteiger partial charge in [0.05, 0.1) is 25.0 Å². The summed E-state index contributed by atoms with van der Waals surface area (Å²) in [5.41, 5.74) is 1.22. The van der Waals surface area contributed by atoms with Gasteiger partial charge in [-0.2, -0.15) is 0 Å². The summed E-state index contributed by atoms with van der Waals surface area (Å²) in [5, 5.41) is 5.03. The quantitative estimate of drug-likeness (QED) is 0.670. The molecular formula is C23H25N3O5S. The Bertz CT molecular complexity index is 1040. The monoisotopic (exact) mass is 455 g/mol. The maximum atomic E-state index is 13.5. The Balaban J connectivity index is 1.60. The predicted molar refractivity (Wildman–Crippen MR) is 121 cm³/mol. The van der Waals surface area contributed by atoms with Crippen LogP contribution in [0.15, 0.2) is 47.5 Å². The Morgan fingerprint density at radius 2 is 1.88 bits per heavy atom. The molecular weight excluding hydrogens is 430 g/mol. The number of imide groups is 1. The van der Waals surface area contributed by atoms with Gasteiger partial charge in [0, 0.05) is 24.0 Å². The van der Waals surface area contributed by atoms with Crippen LogP contribution in [0, 0.1) is 0 Å². The van der Waals surface area contributed by atoms with Crippen LogP contribution in [0.25, 0.3) is 5.57 Å².